The third-order valence-electron chi connectivity index (χ3n) is 5.57. The van der Waals surface area contributed by atoms with E-state index in [0.717, 1.165) is 35.3 Å². The summed E-state index contributed by atoms with van der Waals surface area (Å²) in [5, 5.41) is 17.7. The molecule has 4 heterocycles. The lowest BCUT2D eigenvalue weighted by atomic mass is 9.96. The number of nitrogens with zero attached hydrogens (tertiary/aromatic N) is 5. The largest absolute Gasteiger partial charge is 0.352 e. The minimum absolute atomic E-state index is 0.665. The average Bonchev–Trinajstić information content (AvgIpc) is 3.41. The van der Waals surface area contributed by atoms with Crippen molar-refractivity contribution in [3.63, 3.8) is 0 Å². The van der Waals surface area contributed by atoms with Crippen LogP contribution in [-0.2, 0) is 0 Å². The molecule has 1 aliphatic heterocycles. The molecule has 3 aromatic rings. The predicted octanol–water partition coefficient (Wildman–Crippen LogP) is 4.01. The normalized spacial score (nSPS) is 22.0. The maximum atomic E-state index is 4.92. The van der Waals surface area contributed by atoms with Crippen molar-refractivity contribution >= 4 is 22.8 Å². The lowest BCUT2D eigenvalue weighted by molar-refractivity contribution is 0.428. The van der Waals surface area contributed by atoms with Crippen molar-refractivity contribution in [2.75, 3.05) is 11.4 Å². The molecule has 0 aromatic carbocycles. The van der Waals surface area contributed by atoms with Crippen LogP contribution in [0.3, 0.4) is 0 Å². The van der Waals surface area contributed by atoms with Crippen molar-refractivity contribution in [3.8, 4) is 11.4 Å². The summed E-state index contributed by atoms with van der Waals surface area (Å²) in [5.74, 6) is 2.76. The van der Waals surface area contributed by atoms with Gasteiger partial charge in [0.2, 0.25) is 0 Å². The smallest absolute Gasteiger partial charge is 0.186 e. The van der Waals surface area contributed by atoms with E-state index >= 15 is 0 Å². The van der Waals surface area contributed by atoms with Crippen LogP contribution in [0.2, 0.25) is 0 Å². The topological polar surface area (TPSA) is 46.3 Å². The Labute approximate surface area is 145 Å². The fourth-order valence-corrected chi connectivity index (χ4v) is 5.05. The first-order chi connectivity index (χ1) is 11.9. The first-order valence-electron chi connectivity index (χ1n) is 8.92. The van der Waals surface area contributed by atoms with Crippen molar-refractivity contribution in [3.05, 3.63) is 29.0 Å². The minimum atomic E-state index is 0.665. The molecule has 0 spiro atoms. The summed E-state index contributed by atoms with van der Waals surface area (Å²) in [6.07, 6.45) is 8.15. The van der Waals surface area contributed by atoms with Crippen LogP contribution >= 0.6 is 11.3 Å². The molecule has 0 bridgehead atoms. The van der Waals surface area contributed by atoms with Crippen LogP contribution in [0.4, 0.5) is 5.82 Å². The van der Waals surface area contributed by atoms with E-state index in [0.29, 0.717) is 6.04 Å². The third kappa shape index (κ3) is 2.32. The van der Waals surface area contributed by atoms with E-state index in [2.05, 4.69) is 44.1 Å². The molecule has 1 atom stereocenters. The molecule has 5 nitrogen and oxygen atoms in total. The van der Waals surface area contributed by atoms with Gasteiger partial charge in [-0.1, -0.05) is 12.8 Å². The number of aromatic nitrogens is 4. The summed E-state index contributed by atoms with van der Waals surface area (Å²) >= 11 is 1.67. The molecule has 1 unspecified atom stereocenters. The van der Waals surface area contributed by atoms with Crippen molar-refractivity contribution in [1.29, 1.82) is 0 Å². The molecule has 0 N–H and O–H groups in total. The standard InChI is InChI=1S/C18H21N5S/c1-2-5-13(4-1)15-6-3-10-22(15)17-8-7-16-19-20-18(23(16)21-17)14-9-11-24-12-14/h7-9,11-13,15H,1-6,10H2. The average molecular weight is 339 g/mol. The zero-order chi connectivity index (χ0) is 15.9. The molecule has 5 rings (SSSR count). The number of fused-ring (bicyclic) bond motifs is 1. The Morgan fingerprint density at radius 3 is 2.75 bits per heavy atom. The molecular formula is C18H21N5S. The lowest BCUT2D eigenvalue weighted by Crippen LogP contribution is -2.35. The molecule has 0 radical (unpaired) electrons. The van der Waals surface area contributed by atoms with Crippen LogP contribution in [0.15, 0.2) is 29.0 Å². The highest BCUT2D eigenvalue weighted by atomic mass is 32.1. The Hall–Kier alpha value is -1.95. The Balaban J connectivity index is 1.53. The van der Waals surface area contributed by atoms with Gasteiger partial charge in [-0.25, -0.2) is 0 Å². The van der Waals surface area contributed by atoms with Gasteiger partial charge >= 0.3 is 0 Å². The minimum Gasteiger partial charge on any atom is -0.352 e. The second kappa shape index (κ2) is 5.84. The Kier molecular flexibility index (Phi) is 3.51. The number of anilines is 1. The SMILES string of the molecule is c1cc(-c2nnc3ccc(N4CCCC4C4CCCC4)nn23)cs1. The molecular weight excluding hydrogens is 318 g/mol. The van der Waals surface area contributed by atoms with Gasteiger partial charge in [0.25, 0.3) is 0 Å². The highest BCUT2D eigenvalue weighted by Crippen LogP contribution is 2.37. The number of hydrogen-bond donors (Lipinski definition) is 0. The molecule has 6 heteroatoms. The first-order valence-corrected chi connectivity index (χ1v) is 9.86. The van der Waals surface area contributed by atoms with Gasteiger partial charge in [0.15, 0.2) is 11.5 Å². The van der Waals surface area contributed by atoms with Gasteiger partial charge in [0.05, 0.1) is 0 Å². The fraction of sp³-hybridized carbons (Fsp3) is 0.500. The lowest BCUT2D eigenvalue weighted by Gasteiger charge is -2.30. The van der Waals surface area contributed by atoms with E-state index in [-0.39, 0.29) is 0 Å². The summed E-state index contributed by atoms with van der Waals surface area (Å²) in [6, 6.07) is 6.91. The summed E-state index contributed by atoms with van der Waals surface area (Å²) in [6.45, 7) is 1.12. The molecule has 124 valence electrons. The number of hydrogen-bond acceptors (Lipinski definition) is 5. The van der Waals surface area contributed by atoms with Gasteiger partial charge in [-0.3, -0.25) is 0 Å². The van der Waals surface area contributed by atoms with Gasteiger partial charge in [0, 0.05) is 23.5 Å². The van der Waals surface area contributed by atoms with Crippen molar-refractivity contribution in [2.45, 2.75) is 44.6 Å². The molecule has 1 saturated heterocycles. The predicted molar refractivity (Wildman–Crippen MR) is 96.4 cm³/mol. The fourth-order valence-electron chi connectivity index (χ4n) is 4.41. The summed E-state index contributed by atoms with van der Waals surface area (Å²) in [7, 11) is 0. The molecule has 2 fully saturated rings. The second-order valence-electron chi connectivity index (χ2n) is 6.94. The van der Waals surface area contributed by atoms with E-state index < -0.39 is 0 Å². The summed E-state index contributed by atoms with van der Waals surface area (Å²) in [4.78, 5) is 2.53. The van der Waals surface area contributed by atoms with Crippen molar-refractivity contribution < 1.29 is 0 Å². The van der Waals surface area contributed by atoms with Gasteiger partial charge < -0.3 is 4.90 Å². The van der Waals surface area contributed by atoms with E-state index in [4.69, 9.17) is 5.10 Å². The van der Waals surface area contributed by atoms with Crippen LogP contribution in [0.5, 0.6) is 0 Å². The van der Waals surface area contributed by atoms with Gasteiger partial charge in [-0.05, 0) is 55.2 Å². The molecule has 3 aromatic heterocycles. The van der Waals surface area contributed by atoms with E-state index in [9.17, 15) is 0 Å². The highest BCUT2D eigenvalue weighted by Gasteiger charge is 2.34. The number of rotatable bonds is 3. The van der Waals surface area contributed by atoms with Crippen LogP contribution in [0.25, 0.3) is 17.0 Å². The number of thiophene rings is 1. The first kappa shape index (κ1) is 14.4. The highest BCUT2D eigenvalue weighted by molar-refractivity contribution is 7.08. The maximum Gasteiger partial charge on any atom is 0.186 e. The van der Waals surface area contributed by atoms with Crippen LogP contribution in [0.1, 0.15) is 38.5 Å². The zero-order valence-corrected chi connectivity index (χ0v) is 14.5. The second-order valence-corrected chi connectivity index (χ2v) is 7.72. The van der Waals surface area contributed by atoms with Crippen LogP contribution < -0.4 is 4.90 Å². The quantitative estimate of drug-likeness (QED) is 0.723. The van der Waals surface area contributed by atoms with Crippen molar-refractivity contribution in [1.82, 2.24) is 19.8 Å². The Bertz CT molecular complexity index is 834. The monoisotopic (exact) mass is 339 g/mol. The van der Waals surface area contributed by atoms with Crippen molar-refractivity contribution in [2.24, 2.45) is 5.92 Å². The molecule has 1 aliphatic carbocycles. The van der Waals surface area contributed by atoms with Gasteiger partial charge in [-0.2, -0.15) is 15.9 Å². The summed E-state index contributed by atoms with van der Waals surface area (Å²) in [5.41, 5.74) is 1.91. The van der Waals surface area contributed by atoms with Crippen LogP contribution in [-0.4, -0.2) is 32.4 Å². The molecule has 2 aliphatic rings. The van der Waals surface area contributed by atoms with Crippen LogP contribution in [0, 0.1) is 5.92 Å². The Morgan fingerprint density at radius 1 is 1.00 bits per heavy atom. The summed E-state index contributed by atoms with van der Waals surface area (Å²) < 4.78 is 1.90. The maximum absolute atomic E-state index is 4.92. The van der Waals surface area contributed by atoms with Gasteiger partial charge in [0.1, 0.15) is 5.82 Å². The van der Waals surface area contributed by atoms with E-state index in [1.165, 1.54) is 38.5 Å². The van der Waals surface area contributed by atoms with E-state index in [1.54, 1.807) is 11.3 Å². The zero-order valence-electron chi connectivity index (χ0n) is 13.6. The van der Waals surface area contributed by atoms with E-state index in [1.807, 2.05) is 4.52 Å². The van der Waals surface area contributed by atoms with Gasteiger partial charge in [-0.15, -0.1) is 15.3 Å². The molecule has 0 amide bonds. The Morgan fingerprint density at radius 2 is 1.92 bits per heavy atom. The molecule has 24 heavy (non-hydrogen) atoms. The molecule has 1 saturated carbocycles. The third-order valence-corrected chi connectivity index (χ3v) is 6.25.